The van der Waals surface area contributed by atoms with E-state index in [0.29, 0.717) is 16.7 Å². The van der Waals surface area contributed by atoms with E-state index >= 15 is 0 Å². The van der Waals surface area contributed by atoms with Crippen LogP contribution in [0.25, 0.3) is 5.69 Å². The number of ketones is 1. The van der Waals surface area contributed by atoms with Crippen molar-refractivity contribution >= 4 is 29.1 Å². The van der Waals surface area contributed by atoms with Crippen molar-refractivity contribution in [3.05, 3.63) is 96.8 Å². The molecule has 4 aromatic rings. The summed E-state index contributed by atoms with van der Waals surface area (Å²) in [5.41, 5.74) is 1.53. The topological polar surface area (TPSA) is 86.1 Å². The fourth-order valence-electron chi connectivity index (χ4n) is 3.09. The smallest absolute Gasteiger partial charge is 0.231 e. The Morgan fingerprint density at radius 3 is 2.18 bits per heavy atom. The van der Waals surface area contributed by atoms with Crippen LogP contribution in [-0.4, -0.2) is 32.2 Å². The maximum absolute atomic E-state index is 12.4. The number of rotatable bonds is 10. The average Bonchev–Trinajstić information content (AvgIpc) is 3.26. The minimum atomic E-state index is -0.340. The first-order chi connectivity index (χ1) is 16.2. The number of amides is 1. The summed E-state index contributed by atoms with van der Waals surface area (Å²) in [4.78, 5) is 24.6. The average molecular weight is 459 g/mol. The molecule has 0 spiro atoms. The van der Waals surface area contributed by atoms with Gasteiger partial charge in [0.15, 0.2) is 16.8 Å². The van der Waals surface area contributed by atoms with Crippen molar-refractivity contribution in [2.45, 2.75) is 18.2 Å². The number of Topliss-reactive ketones (excluding diaryl/α,β-unsaturated/α-hetero) is 1. The number of nitrogens with zero attached hydrogens (tertiary/aromatic N) is 3. The van der Waals surface area contributed by atoms with Crippen LogP contribution in [0.5, 0.6) is 5.75 Å². The maximum Gasteiger partial charge on any atom is 0.231 e. The molecular formula is C25H22N4O3S. The molecule has 1 amide bonds. The van der Waals surface area contributed by atoms with E-state index in [1.807, 2.05) is 83.4 Å². The van der Waals surface area contributed by atoms with E-state index < -0.39 is 0 Å². The fourth-order valence-corrected chi connectivity index (χ4v) is 3.92. The summed E-state index contributed by atoms with van der Waals surface area (Å²) in [6.07, 6.45) is -0.203. The second-order valence-electron chi connectivity index (χ2n) is 7.09. The van der Waals surface area contributed by atoms with Crippen LogP contribution >= 0.6 is 11.8 Å². The summed E-state index contributed by atoms with van der Waals surface area (Å²) in [7, 11) is 0. The molecule has 4 rings (SSSR count). The highest BCUT2D eigenvalue weighted by Crippen LogP contribution is 2.23. The molecule has 0 radical (unpaired) electrons. The Labute approximate surface area is 195 Å². The lowest BCUT2D eigenvalue weighted by Gasteiger charge is -2.11. The van der Waals surface area contributed by atoms with Gasteiger partial charge in [0.25, 0.3) is 0 Å². The third-order valence-electron chi connectivity index (χ3n) is 4.60. The van der Waals surface area contributed by atoms with Gasteiger partial charge in [-0.25, -0.2) is 0 Å². The highest BCUT2D eigenvalue weighted by atomic mass is 32.2. The van der Waals surface area contributed by atoms with E-state index in [-0.39, 0.29) is 30.5 Å². The largest absolute Gasteiger partial charge is 0.486 e. The summed E-state index contributed by atoms with van der Waals surface area (Å²) < 4.78 is 7.72. The SMILES string of the molecule is O=C(CSc1nnc(COc2ccccc2)n1-c1ccccc1)CC(=O)Nc1ccccc1. The molecule has 1 heterocycles. The van der Waals surface area contributed by atoms with Gasteiger partial charge in [-0.05, 0) is 36.4 Å². The number of carbonyl (C=O) groups excluding carboxylic acids is 2. The highest BCUT2D eigenvalue weighted by molar-refractivity contribution is 7.99. The van der Waals surface area contributed by atoms with E-state index in [1.165, 1.54) is 11.8 Å². The molecule has 0 fully saturated rings. The van der Waals surface area contributed by atoms with Crippen LogP contribution in [0.2, 0.25) is 0 Å². The number of hydrogen-bond acceptors (Lipinski definition) is 6. The molecule has 0 bridgehead atoms. The van der Waals surface area contributed by atoms with Crippen molar-refractivity contribution in [1.29, 1.82) is 0 Å². The van der Waals surface area contributed by atoms with Gasteiger partial charge in [0.1, 0.15) is 12.4 Å². The molecule has 0 saturated carbocycles. The van der Waals surface area contributed by atoms with E-state index in [1.54, 1.807) is 12.1 Å². The molecule has 0 aliphatic heterocycles. The lowest BCUT2D eigenvalue weighted by molar-refractivity contribution is -0.123. The van der Waals surface area contributed by atoms with Crippen molar-refractivity contribution in [1.82, 2.24) is 14.8 Å². The lowest BCUT2D eigenvalue weighted by Crippen LogP contribution is -2.17. The Hall–Kier alpha value is -3.91. The van der Waals surface area contributed by atoms with E-state index in [4.69, 9.17) is 4.74 Å². The molecule has 1 N–H and O–H groups in total. The number of thioether (sulfide) groups is 1. The number of anilines is 1. The monoisotopic (exact) mass is 458 g/mol. The van der Waals surface area contributed by atoms with Gasteiger partial charge in [0.2, 0.25) is 5.91 Å². The highest BCUT2D eigenvalue weighted by Gasteiger charge is 2.17. The van der Waals surface area contributed by atoms with Crippen LogP contribution in [0.3, 0.4) is 0 Å². The van der Waals surface area contributed by atoms with Crippen LogP contribution < -0.4 is 10.1 Å². The number of benzene rings is 3. The number of para-hydroxylation sites is 3. The van der Waals surface area contributed by atoms with Crippen molar-refractivity contribution in [3.63, 3.8) is 0 Å². The van der Waals surface area contributed by atoms with Gasteiger partial charge < -0.3 is 10.1 Å². The summed E-state index contributed by atoms with van der Waals surface area (Å²) in [6.45, 7) is 0.222. The van der Waals surface area contributed by atoms with E-state index in [2.05, 4.69) is 15.5 Å². The molecule has 33 heavy (non-hydrogen) atoms. The normalized spacial score (nSPS) is 10.5. The second-order valence-corrected chi connectivity index (χ2v) is 8.03. The van der Waals surface area contributed by atoms with Crippen molar-refractivity contribution in [2.24, 2.45) is 0 Å². The van der Waals surface area contributed by atoms with E-state index in [0.717, 1.165) is 11.4 Å². The number of carbonyl (C=O) groups is 2. The molecular weight excluding hydrogens is 436 g/mol. The first-order valence-electron chi connectivity index (χ1n) is 10.4. The third-order valence-corrected chi connectivity index (χ3v) is 5.59. The first-order valence-corrected chi connectivity index (χ1v) is 11.3. The molecule has 0 aliphatic carbocycles. The fraction of sp³-hybridized carbons (Fsp3) is 0.120. The minimum absolute atomic E-state index is 0.104. The van der Waals surface area contributed by atoms with Crippen LogP contribution in [0, 0.1) is 0 Å². The van der Waals surface area contributed by atoms with Crippen molar-refractivity contribution < 1.29 is 14.3 Å². The van der Waals surface area contributed by atoms with Crippen molar-refractivity contribution in [3.8, 4) is 11.4 Å². The zero-order valence-corrected chi connectivity index (χ0v) is 18.6. The number of nitrogens with one attached hydrogen (secondary N) is 1. The van der Waals surface area contributed by atoms with Gasteiger partial charge in [0, 0.05) is 11.4 Å². The lowest BCUT2D eigenvalue weighted by atomic mass is 10.2. The molecule has 3 aromatic carbocycles. The molecule has 166 valence electrons. The Balaban J connectivity index is 1.42. The number of ether oxygens (including phenoxy) is 1. The molecule has 0 saturated heterocycles. The zero-order chi connectivity index (χ0) is 22.9. The Bertz CT molecular complexity index is 1200. The molecule has 0 atom stereocenters. The summed E-state index contributed by atoms with van der Waals surface area (Å²) in [5, 5.41) is 11.8. The van der Waals surface area contributed by atoms with Crippen LogP contribution in [0.15, 0.2) is 96.2 Å². The minimum Gasteiger partial charge on any atom is -0.486 e. The van der Waals surface area contributed by atoms with Crippen LogP contribution in [0.1, 0.15) is 12.2 Å². The summed E-state index contributed by atoms with van der Waals surface area (Å²) in [6, 6.07) is 28.2. The first kappa shape index (κ1) is 22.3. The molecule has 1 aromatic heterocycles. The molecule has 7 nitrogen and oxygen atoms in total. The van der Waals surface area contributed by atoms with Crippen molar-refractivity contribution in [2.75, 3.05) is 11.1 Å². The Kier molecular flexibility index (Phi) is 7.50. The molecule has 0 unspecified atom stereocenters. The second kappa shape index (κ2) is 11.1. The number of hydrogen-bond donors (Lipinski definition) is 1. The predicted octanol–water partition coefficient (Wildman–Crippen LogP) is 4.54. The van der Waals surface area contributed by atoms with Gasteiger partial charge in [-0.15, -0.1) is 10.2 Å². The zero-order valence-electron chi connectivity index (χ0n) is 17.8. The van der Waals surface area contributed by atoms with Crippen LogP contribution in [0.4, 0.5) is 5.69 Å². The van der Waals surface area contributed by atoms with Gasteiger partial charge >= 0.3 is 0 Å². The van der Waals surface area contributed by atoms with Gasteiger partial charge in [-0.1, -0.05) is 66.4 Å². The van der Waals surface area contributed by atoms with Crippen LogP contribution in [-0.2, 0) is 16.2 Å². The molecule has 8 heteroatoms. The summed E-state index contributed by atoms with van der Waals surface area (Å²) >= 11 is 1.25. The Morgan fingerprint density at radius 1 is 0.848 bits per heavy atom. The predicted molar refractivity (Wildman–Crippen MR) is 128 cm³/mol. The standard InChI is InChI=1S/C25H22N4O3S/c30-21(16-24(31)26-19-10-4-1-5-11-19)18-33-25-28-27-23(17-32-22-14-8-3-9-15-22)29(25)20-12-6-2-7-13-20/h1-15H,16-18H2,(H,26,31). The number of aromatic nitrogens is 3. The van der Waals surface area contributed by atoms with Gasteiger partial charge in [-0.2, -0.15) is 0 Å². The van der Waals surface area contributed by atoms with Gasteiger partial charge in [-0.3, -0.25) is 14.2 Å². The quantitative estimate of drug-likeness (QED) is 0.277. The van der Waals surface area contributed by atoms with Gasteiger partial charge in [0.05, 0.1) is 12.2 Å². The Morgan fingerprint density at radius 2 is 1.48 bits per heavy atom. The third kappa shape index (κ3) is 6.30. The van der Waals surface area contributed by atoms with E-state index in [9.17, 15) is 9.59 Å². The maximum atomic E-state index is 12.4. The summed E-state index contributed by atoms with van der Waals surface area (Å²) in [5.74, 6) is 0.911. The molecule has 0 aliphatic rings.